The van der Waals surface area contributed by atoms with Crippen LogP contribution in [0.2, 0.25) is 0 Å². The first-order valence-electron chi connectivity index (χ1n) is 7.60. The van der Waals surface area contributed by atoms with Crippen molar-refractivity contribution in [3.05, 3.63) is 70.5 Å². The molecule has 25 heavy (non-hydrogen) atoms. The first-order chi connectivity index (χ1) is 12.1. The Morgan fingerprint density at radius 1 is 1.20 bits per heavy atom. The lowest BCUT2D eigenvalue weighted by molar-refractivity contribution is -0.118. The van der Waals surface area contributed by atoms with E-state index in [9.17, 15) is 9.59 Å². The van der Waals surface area contributed by atoms with Crippen molar-refractivity contribution in [1.82, 2.24) is 4.57 Å². The fraction of sp³-hybridized carbons (Fsp3) is 0.105. The van der Waals surface area contributed by atoms with Gasteiger partial charge in [-0.15, -0.1) is 0 Å². The van der Waals surface area contributed by atoms with Crippen molar-refractivity contribution in [2.45, 2.75) is 0 Å². The lowest BCUT2D eigenvalue weighted by atomic mass is 10.2. The van der Waals surface area contributed by atoms with Crippen molar-refractivity contribution < 1.29 is 9.53 Å². The second-order valence-corrected chi connectivity index (χ2v) is 5.45. The van der Waals surface area contributed by atoms with Crippen LogP contribution in [0, 0.1) is 11.3 Å². The number of carbonyl (C=O) groups is 1. The van der Waals surface area contributed by atoms with E-state index < -0.39 is 0 Å². The Bertz CT molecular complexity index is 1050. The Morgan fingerprint density at radius 2 is 2.00 bits per heavy atom. The zero-order chi connectivity index (χ0) is 17.8. The summed E-state index contributed by atoms with van der Waals surface area (Å²) in [5.41, 5.74) is 1.49. The minimum absolute atomic E-state index is 0.212. The summed E-state index contributed by atoms with van der Waals surface area (Å²) in [6, 6.07) is 17.3. The molecule has 0 aliphatic heterocycles. The highest BCUT2D eigenvalue weighted by atomic mass is 16.5. The average Bonchev–Trinajstić information content (AvgIpc) is 2.63. The third kappa shape index (κ3) is 3.51. The molecule has 0 saturated heterocycles. The van der Waals surface area contributed by atoms with E-state index in [0.29, 0.717) is 17.0 Å². The molecule has 1 aromatic heterocycles. The number of hydrogen-bond donors (Lipinski definition) is 1. The van der Waals surface area contributed by atoms with Gasteiger partial charge in [0.25, 0.3) is 11.5 Å². The summed E-state index contributed by atoms with van der Waals surface area (Å²) in [6.07, 6.45) is 0. The predicted molar refractivity (Wildman–Crippen MR) is 94.5 cm³/mol. The summed E-state index contributed by atoms with van der Waals surface area (Å²) < 4.78 is 7.08. The van der Waals surface area contributed by atoms with Crippen molar-refractivity contribution in [1.29, 1.82) is 5.26 Å². The van der Waals surface area contributed by atoms with Crippen molar-refractivity contribution >= 4 is 22.5 Å². The molecule has 0 fully saturated rings. The van der Waals surface area contributed by atoms with Gasteiger partial charge in [-0.3, -0.25) is 9.59 Å². The largest absolute Gasteiger partial charge is 0.483 e. The molecule has 0 spiro atoms. The van der Waals surface area contributed by atoms with Crippen LogP contribution < -0.4 is 15.6 Å². The molecule has 3 aromatic rings. The molecule has 1 amide bonds. The summed E-state index contributed by atoms with van der Waals surface area (Å²) in [7, 11) is 1.68. The number of benzene rings is 2. The fourth-order valence-corrected chi connectivity index (χ4v) is 2.51. The van der Waals surface area contributed by atoms with Gasteiger partial charge in [-0.2, -0.15) is 5.26 Å². The molecule has 0 atom stereocenters. The van der Waals surface area contributed by atoms with Gasteiger partial charge >= 0.3 is 0 Å². The summed E-state index contributed by atoms with van der Waals surface area (Å²) in [4.78, 5) is 24.1. The van der Waals surface area contributed by atoms with E-state index in [1.165, 1.54) is 10.6 Å². The molecule has 0 aliphatic carbocycles. The maximum atomic E-state index is 12.1. The first-order valence-corrected chi connectivity index (χ1v) is 7.60. The van der Waals surface area contributed by atoms with Crippen LogP contribution in [0.4, 0.5) is 5.69 Å². The molecule has 2 aromatic carbocycles. The highest BCUT2D eigenvalue weighted by molar-refractivity contribution is 5.92. The molecule has 124 valence electrons. The lowest BCUT2D eigenvalue weighted by Gasteiger charge is -2.11. The summed E-state index contributed by atoms with van der Waals surface area (Å²) in [6.45, 7) is -0.242. The van der Waals surface area contributed by atoms with Gasteiger partial charge in [0, 0.05) is 24.2 Å². The van der Waals surface area contributed by atoms with Crippen LogP contribution in [-0.4, -0.2) is 17.1 Å². The van der Waals surface area contributed by atoms with E-state index in [4.69, 9.17) is 10.00 Å². The van der Waals surface area contributed by atoms with Crippen LogP contribution in [0.1, 0.15) is 5.56 Å². The van der Waals surface area contributed by atoms with Crippen LogP contribution in [-0.2, 0) is 11.8 Å². The highest BCUT2D eigenvalue weighted by Crippen LogP contribution is 2.23. The fourth-order valence-electron chi connectivity index (χ4n) is 2.51. The van der Waals surface area contributed by atoms with Crippen LogP contribution in [0.3, 0.4) is 0 Å². The maximum absolute atomic E-state index is 12.1. The van der Waals surface area contributed by atoms with E-state index in [2.05, 4.69) is 5.32 Å². The maximum Gasteiger partial charge on any atom is 0.262 e. The monoisotopic (exact) mass is 333 g/mol. The van der Waals surface area contributed by atoms with Gasteiger partial charge < -0.3 is 14.6 Å². The number of aryl methyl sites for hydroxylation is 1. The number of pyridine rings is 1. The van der Waals surface area contributed by atoms with E-state index in [1.54, 1.807) is 31.3 Å². The molecule has 1 N–H and O–H groups in total. The number of nitrogens with zero attached hydrogens (tertiary/aromatic N) is 2. The number of para-hydroxylation sites is 1. The Labute approximate surface area is 143 Å². The van der Waals surface area contributed by atoms with Crippen LogP contribution >= 0.6 is 0 Å². The summed E-state index contributed by atoms with van der Waals surface area (Å²) in [5, 5.41) is 12.3. The molecular formula is C19H15N3O3. The van der Waals surface area contributed by atoms with Gasteiger partial charge in [0.15, 0.2) is 6.61 Å². The van der Waals surface area contributed by atoms with Crippen molar-refractivity contribution in [3.8, 4) is 11.8 Å². The molecule has 6 heteroatoms. The number of nitriles is 1. The molecule has 0 saturated carbocycles. The number of carbonyl (C=O) groups excluding carboxylic acids is 1. The number of aromatic nitrogens is 1. The van der Waals surface area contributed by atoms with E-state index in [-0.39, 0.29) is 18.1 Å². The number of nitrogens with one attached hydrogen (secondary N) is 1. The standard InChI is InChI=1S/C19H15N3O3/c1-22-16-8-3-2-7-15(16)17(10-19(22)24)25-12-18(23)21-14-6-4-5-13(9-14)11-20/h2-10H,12H2,1H3,(H,21,23). The van der Waals surface area contributed by atoms with Crippen LogP contribution in [0.5, 0.6) is 5.75 Å². The molecule has 1 heterocycles. The van der Waals surface area contributed by atoms with Crippen molar-refractivity contribution in [2.24, 2.45) is 7.05 Å². The number of rotatable bonds is 4. The Hall–Kier alpha value is -3.59. The quantitative estimate of drug-likeness (QED) is 0.795. The number of fused-ring (bicyclic) bond motifs is 1. The van der Waals surface area contributed by atoms with Gasteiger partial charge in [-0.25, -0.2) is 0 Å². The van der Waals surface area contributed by atoms with E-state index in [0.717, 1.165) is 10.9 Å². The average molecular weight is 333 g/mol. The Kier molecular flexibility index (Phi) is 4.48. The zero-order valence-corrected chi connectivity index (χ0v) is 13.5. The normalized spacial score (nSPS) is 10.2. The van der Waals surface area contributed by atoms with Crippen LogP contribution in [0.25, 0.3) is 10.9 Å². The molecule has 0 unspecified atom stereocenters. The third-order valence-corrected chi connectivity index (χ3v) is 3.75. The van der Waals surface area contributed by atoms with Gasteiger partial charge in [-0.1, -0.05) is 18.2 Å². The van der Waals surface area contributed by atoms with E-state index >= 15 is 0 Å². The van der Waals surface area contributed by atoms with Gasteiger partial charge in [0.2, 0.25) is 0 Å². The topological polar surface area (TPSA) is 84.1 Å². The van der Waals surface area contributed by atoms with E-state index in [1.807, 2.05) is 30.3 Å². The Morgan fingerprint density at radius 3 is 2.80 bits per heavy atom. The molecule has 6 nitrogen and oxygen atoms in total. The van der Waals surface area contributed by atoms with Gasteiger partial charge in [0.1, 0.15) is 5.75 Å². The van der Waals surface area contributed by atoms with Gasteiger partial charge in [0.05, 0.1) is 17.1 Å². The third-order valence-electron chi connectivity index (χ3n) is 3.75. The molecular weight excluding hydrogens is 318 g/mol. The first kappa shape index (κ1) is 16.3. The smallest absolute Gasteiger partial charge is 0.262 e. The van der Waals surface area contributed by atoms with Gasteiger partial charge in [-0.05, 0) is 30.3 Å². The van der Waals surface area contributed by atoms with Crippen molar-refractivity contribution in [2.75, 3.05) is 11.9 Å². The SMILES string of the molecule is Cn1c(=O)cc(OCC(=O)Nc2cccc(C#N)c2)c2ccccc21. The molecule has 0 radical (unpaired) electrons. The molecule has 0 aliphatic rings. The number of amides is 1. The summed E-state index contributed by atoms with van der Waals surface area (Å²) in [5.74, 6) is -0.0144. The summed E-state index contributed by atoms with van der Waals surface area (Å²) >= 11 is 0. The minimum Gasteiger partial charge on any atom is -0.483 e. The second kappa shape index (κ2) is 6.89. The van der Waals surface area contributed by atoms with Crippen molar-refractivity contribution in [3.63, 3.8) is 0 Å². The molecule has 0 bridgehead atoms. The zero-order valence-electron chi connectivity index (χ0n) is 13.5. The second-order valence-electron chi connectivity index (χ2n) is 5.45. The Balaban J connectivity index is 1.76. The lowest BCUT2D eigenvalue weighted by Crippen LogP contribution is -2.22. The number of hydrogen-bond acceptors (Lipinski definition) is 4. The number of anilines is 1. The van der Waals surface area contributed by atoms with Crippen LogP contribution in [0.15, 0.2) is 59.4 Å². The number of ether oxygens (including phenoxy) is 1. The molecule has 3 rings (SSSR count). The predicted octanol–water partition coefficient (Wildman–Crippen LogP) is 2.43. The minimum atomic E-state index is -0.375. The highest BCUT2D eigenvalue weighted by Gasteiger charge is 2.10.